The van der Waals surface area contributed by atoms with Gasteiger partial charge < -0.3 is 0 Å². The first kappa shape index (κ1) is 30.9. The molecule has 5 rings (SSSR count). The minimum absolute atomic E-state index is 0.0207. The number of aromatic nitrogens is 1. The number of halogens is 1. The summed E-state index contributed by atoms with van der Waals surface area (Å²) >= 11 is 5.07. The van der Waals surface area contributed by atoms with Gasteiger partial charge in [-0.15, -0.1) is 0 Å². The second-order valence-corrected chi connectivity index (χ2v) is 18.1. The van der Waals surface area contributed by atoms with Crippen LogP contribution in [-0.4, -0.2) is 40.1 Å². The fourth-order valence-electron chi connectivity index (χ4n) is 4.33. The fraction of sp³-hybridized carbons (Fsp3) is 0.161. The van der Waals surface area contributed by atoms with Crippen LogP contribution in [0.1, 0.15) is 27.8 Å². The molecule has 0 amide bonds. The Balaban J connectivity index is 1.57. The van der Waals surface area contributed by atoms with Crippen LogP contribution in [0.2, 0.25) is 0 Å². The van der Waals surface area contributed by atoms with Crippen molar-refractivity contribution in [1.29, 1.82) is 0 Å². The van der Waals surface area contributed by atoms with Crippen molar-refractivity contribution < 1.29 is 16.8 Å². The molecule has 6 nitrogen and oxygen atoms in total. The molecule has 0 aliphatic carbocycles. The molecular formula is C31H29BrN2O4S3Se. The van der Waals surface area contributed by atoms with Gasteiger partial charge in [0.25, 0.3) is 0 Å². The molecule has 5 aromatic rings. The van der Waals surface area contributed by atoms with Crippen molar-refractivity contribution >= 4 is 66.7 Å². The Morgan fingerprint density at radius 2 is 1.31 bits per heavy atom. The van der Waals surface area contributed by atoms with Gasteiger partial charge >= 0.3 is 268 Å². The maximum absolute atomic E-state index is 14.0. The summed E-state index contributed by atoms with van der Waals surface area (Å²) in [5.74, 6) is 0. The Kier molecular flexibility index (Phi) is 9.59. The van der Waals surface area contributed by atoms with E-state index in [0.717, 1.165) is 26.0 Å². The van der Waals surface area contributed by atoms with E-state index in [1.165, 1.54) is 24.1 Å². The quantitative estimate of drug-likeness (QED) is 0.154. The molecule has 0 saturated carbocycles. The second kappa shape index (κ2) is 13.0. The first-order valence-corrected chi connectivity index (χ1v) is 19.6. The molecule has 11 heteroatoms. The van der Waals surface area contributed by atoms with E-state index in [9.17, 15) is 16.8 Å². The molecule has 0 spiro atoms. The average molecular weight is 749 g/mol. The van der Waals surface area contributed by atoms with Crippen molar-refractivity contribution in [3.05, 3.63) is 134 Å². The van der Waals surface area contributed by atoms with Gasteiger partial charge in [0.2, 0.25) is 0 Å². The van der Waals surface area contributed by atoms with Crippen LogP contribution in [0.25, 0.3) is 0 Å². The van der Waals surface area contributed by atoms with E-state index in [1.807, 2.05) is 43.5 Å². The molecule has 2 aromatic heterocycles. The molecule has 0 bridgehead atoms. The number of hydrogen-bond donors (Lipinski definition) is 0. The van der Waals surface area contributed by atoms with Crippen LogP contribution in [-0.2, 0) is 38.5 Å². The third-order valence-corrected chi connectivity index (χ3v) is 14.2. The van der Waals surface area contributed by atoms with E-state index in [4.69, 9.17) is 0 Å². The van der Waals surface area contributed by atoms with Crippen molar-refractivity contribution in [1.82, 2.24) is 8.28 Å². The zero-order valence-corrected chi connectivity index (χ0v) is 28.7. The number of thiophene rings is 1. The van der Waals surface area contributed by atoms with E-state index < -0.39 is 20.0 Å². The summed E-state index contributed by atoms with van der Waals surface area (Å²) < 4.78 is 60.1. The van der Waals surface area contributed by atoms with E-state index in [0.29, 0.717) is 10.9 Å². The topological polar surface area (TPSA) is 76.5 Å². The van der Waals surface area contributed by atoms with E-state index in [-0.39, 0.29) is 37.8 Å². The molecule has 0 fully saturated rings. The zero-order chi connectivity index (χ0) is 29.9. The number of aryl methyl sites for hydroxylation is 2. The van der Waals surface area contributed by atoms with Gasteiger partial charge in [-0.05, 0) is 0 Å². The van der Waals surface area contributed by atoms with E-state index in [2.05, 4.69) is 28.1 Å². The fourth-order valence-corrected chi connectivity index (χ4v) is 10.2. The minimum atomic E-state index is -3.91. The standard InChI is InChI=1S/C31H29BrN2O4S3Se/c1-23-8-12-28(13-9-23)40(35,36)33(18-25-16-17-39-31(25)32)19-26-20-34(41(37,38)29-14-10-24(2)11-15-29)21-27(26)22-42-30-6-4-3-5-7-30/h3-17,20-21H,18-19,22H2,1-2H3. The van der Waals surface area contributed by atoms with Gasteiger partial charge in [0.05, 0.1) is 0 Å². The van der Waals surface area contributed by atoms with Crippen molar-refractivity contribution in [3.63, 3.8) is 0 Å². The molecule has 0 aliphatic heterocycles. The molecule has 218 valence electrons. The molecule has 0 radical (unpaired) electrons. The number of benzene rings is 3. The van der Waals surface area contributed by atoms with Crippen LogP contribution in [0.15, 0.2) is 116 Å². The van der Waals surface area contributed by atoms with Crippen LogP contribution in [0.4, 0.5) is 0 Å². The van der Waals surface area contributed by atoms with Crippen LogP contribution < -0.4 is 4.46 Å². The second-order valence-electron chi connectivity index (χ2n) is 9.86. The van der Waals surface area contributed by atoms with Gasteiger partial charge in [-0.1, -0.05) is 0 Å². The summed E-state index contributed by atoms with van der Waals surface area (Å²) in [5.41, 5.74) is 4.24. The van der Waals surface area contributed by atoms with Gasteiger partial charge in [0.1, 0.15) is 0 Å². The SMILES string of the molecule is Cc1ccc(S(=O)(=O)N(Cc2cn(S(=O)(=O)c3ccc(C)cc3)cc2C[Se]c2ccccc2)Cc2ccsc2Br)cc1. The molecule has 3 aromatic carbocycles. The first-order valence-electron chi connectivity index (χ1n) is 13.0. The van der Waals surface area contributed by atoms with E-state index >= 15 is 0 Å². The van der Waals surface area contributed by atoms with Crippen LogP contribution in [0, 0.1) is 13.8 Å². The Bertz CT molecular complexity index is 1890. The number of nitrogens with zero attached hydrogens (tertiary/aromatic N) is 2. The molecule has 0 N–H and O–H groups in total. The maximum atomic E-state index is 14.0. The Labute approximate surface area is 266 Å². The summed E-state index contributed by atoms with van der Waals surface area (Å²) in [7, 11) is -7.79. The summed E-state index contributed by atoms with van der Waals surface area (Å²) in [6, 6.07) is 25.5. The number of hydrogen-bond acceptors (Lipinski definition) is 5. The normalized spacial score (nSPS) is 12.2. The molecule has 0 atom stereocenters. The van der Waals surface area contributed by atoms with Gasteiger partial charge in [0.15, 0.2) is 0 Å². The summed E-state index contributed by atoms with van der Waals surface area (Å²) in [4.78, 5) is 0.377. The number of sulfonamides is 1. The monoisotopic (exact) mass is 748 g/mol. The van der Waals surface area contributed by atoms with Crippen molar-refractivity contribution in [3.8, 4) is 0 Å². The summed E-state index contributed by atoms with van der Waals surface area (Å²) in [6.45, 7) is 3.98. The Hall–Kier alpha value is -2.50. The van der Waals surface area contributed by atoms with Crippen LogP contribution in [0.3, 0.4) is 0 Å². The summed E-state index contributed by atoms with van der Waals surface area (Å²) in [5, 5.41) is 2.53. The zero-order valence-electron chi connectivity index (χ0n) is 23.0. The van der Waals surface area contributed by atoms with Gasteiger partial charge in [-0.25, -0.2) is 0 Å². The molecule has 2 heterocycles. The van der Waals surface area contributed by atoms with Crippen molar-refractivity contribution in [2.45, 2.75) is 42.0 Å². The molecule has 0 unspecified atom stereocenters. The summed E-state index contributed by atoms with van der Waals surface area (Å²) in [6.07, 6.45) is 3.22. The predicted molar refractivity (Wildman–Crippen MR) is 173 cm³/mol. The Morgan fingerprint density at radius 1 is 0.738 bits per heavy atom. The molecule has 0 aliphatic rings. The van der Waals surface area contributed by atoms with Gasteiger partial charge in [-0.3, -0.25) is 0 Å². The average Bonchev–Trinajstić information content (AvgIpc) is 3.58. The van der Waals surface area contributed by atoms with Crippen molar-refractivity contribution in [2.75, 3.05) is 0 Å². The third-order valence-electron chi connectivity index (χ3n) is 6.76. The number of rotatable bonds is 11. The van der Waals surface area contributed by atoms with Crippen LogP contribution >= 0.6 is 27.3 Å². The van der Waals surface area contributed by atoms with Crippen LogP contribution in [0.5, 0.6) is 0 Å². The predicted octanol–water partition coefficient (Wildman–Crippen LogP) is 6.09. The third kappa shape index (κ3) is 7.00. The van der Waals surface area contributed by atoms with E-state index in [1.54, 1.807) is 60.9 Å². The van der Waals surface area contributed by atoms with Gasteiger partial charge in [0, 0.05) is 0 Å². The molecule has 0 saturated heterocycles. The van der Waals surface area contributed by atoms with Gasteiger partial charge in [-0.2, -0.15) is 0 Å². The molecule has 42 heavy (non-hydrogen) atoms. The van der Waals surface area contributed by atoms with Crippen molar-refractivity contribution in [2.24, 2.45) is 0 Å². The molecular weight excluding hydrogens is 719 g/mol. The Morgan fingerprint density at radius 3 is 1.90 bits per heavy atom. The first-order chi connectivity index (χ1) is 20.0.